The second kappa shape index (κ2) is 13.3. The number of unbranched alkanes of at least 4 members (excludes halogenated alkanes) is 3. The monoisotopic (exact) mass is 638 g/mol. The number of aryl methyl sites for hydroxylation is 1. The van der Waals surface area contributed by atoms with Crippen LogP contribution in [0.4, 0.5) is 0 Å². The topological polar surface area (TPSA) is 77.6 Å². The fraction of sp³-hybridized carbons (Fsp3) is 0.136. The molecule has 3 aromatic carbocycles. The number of aromatic hydroxyl groups is 1. The average Bonchev–Trinajstić information content (AvgIpc) is 3.96. The minimum Gasteiger partial charge on any atom is -0.508 e. The molecule has 5 nitrogen and oxygen atoms in total. The molecule has 2 aliphatic rings. The van der Waals surface area contributed by atoms with Gasteiger partial charge in [-0.3, -0.25) is 0 Å². The number of aromatic amines is 2. The Kier molecular flexibility index (Phi) is 8.24. The molecule has 240 valence electrons. The minimum atomic E-state index is 0.206. The van der Waals surface area contributed by atoms with Gasteiger partial charge < -0.3 is 15.1 Å². The van der Waals surface area contributed by atoms with E-state index >= 15 is 0 Å². The highest BCUT2D eigenvalue weighted by molar-refractivity contribution is 5.97. The van der Waals surface area contributed by atoms with E-state index in [1.165, 1.54) is 24.8 Å². The number of hydrogen-bond donors (Lipinski definition) is 3. The second-order valence-corrected chi connectivity index (χ2v) is 12.7. The summed E-state index contributed by atoms with van der Waals surface area (Å²) in [6, 6.07) is 36.9. The first-order chi connectivity index (χ1) is 24.2. The number of H-pyrrole nitrogens is 2. The molecule has 0 radical (unpaired) electrons. The highest BCUT2D eigenvalue weighted by Crippen LogP contribution is 2.37. The van der Waals surface area contributed by atoms with Crippen molar-refractivity contribution in [3.05, 3.63) is 138 Å². The molecule has 3 N–H and O–H groups in total. The summed E-state index contributed by atoms with van der Waals surface area (Å²) in [5, 5.41) is 10.6. The largest absolute Gasteiger partial charge is 0.508 e. The molecule has 0 saturated carbocycles. The van der Waals surface area contributed by atoms with E-state index in [1.807, 2.05) is 24.3 Å². The third-order valence-electron chi connectivity index (χ3n) is 9.40. The van der Waals surface area contributed by atoms with E-state index in [1.54, 1.807) is 12.1 Å². The van der Waals surface area contributed by atoms with E-state index in [0.717, 1.165) is 91.1 Å². The molecule has 6 aromatic rings. The Morgan fingerprint density at radius 1 is 0.490 bits per heavy atom. The molecule has 0 saturated heterocycles. The maximum Gasteiger partial charge on any atom is 0.116 e. The Bertz CT molecular complexity index is 2340. The number of phenols is 1. The van der Waals surface area contributed by atoms with Crippen molar-refractivity contribution >= 4 is 46.4 Å². The Balaban J connectivity index is 1.52. The Morgan fingerprint density at radius 3 is 1.55 bits per heavy atom. The van der Waals surface area contributed by atoms with E-state index in [0.29, 0.717) is 0 Å². The van der Waals surface area contributed by atoms with Crippen molar-refractivity contribution in [2.75, 3.05) is 0 Å². The summed E-state index contributed by atoms with van der Waals surface area (Å²) in [4.78, 5) is 18.2. The molecule has 2 aliphatic heterocycles. The van der Waals surface area contributed by atoms with Gasteiger partial charge in [-0.2, -0.15) is 0 Å². The van der Waals surface area contributed by atoms with Crippen LogP contribution in [0.25, 0.3) is 79.8 Å². The number of fused-ring (bicyclic) bond motifs is 8. The molecule has 0 amide bonds. The lowest BCUT2D eigenvalue weighted by molar-refractivity contribution is 0.475. The van der Waals surface area contributed by atoms with Crippen LogP contribution in [0.2, 0.25) is 0 Å². The van der Waals surface area contributed by atoms with Crippen LogP contribution < -0.4 is 0 Å². The van der Waals surface area contributed by atoms with Gasteiger partial charge in [0.1, 0.15) is 5.75 Å². The number of benzene rings is 3. The number of phenolic OH excluding ortho intramolecular Hbond substituents is 1. The summed E-state index contributed by atoms with van der Waals surface area (Å²) in [6.45, 7) is 2.25. The highest BCUT2D eigenvalue weighted by Gasteiger charge is 2.18. The van der Waals surface area contributed by atoms with Gasteiger partial charge in [0.05, 0.1) is 22.8 Å². The summed E-state index contributed by atoms with van der Waals surface area (Å²) in [7, 11) is 0. The molecule has 3 aromatic heterocycles. The lowest BCUT2D eigenvalue weighted by Gasteiger charge is -2.07. The smallest absolute Gasteiger partial charge is 0.116 e. The van der Waals surface area contributed by atoms with Gasteiger partial charge in [0, 0.05) is 44.3 Å². The second-order valence-electron chi connectivity index (χ2n) is 12.7. The molecule has 49 heavy (non-hydrogen) atoms. The van der Waals surface area contributed by atoms with E-state index in [9.17, 15) is 5.11 Å². The molecule has 5 heterocycles. The minimum absolute atomic E-state index is 0.206. The first kappa shape index (κ1) is 30.4. The molecular formula is C44H38N4O. The zero-order valence-electron chi connectivity index (χ0n) is 27.6. The van der Waals surface area contributed by atoms with Gasteiger partial charge in [-0.15, -0.1) is 0 Å². The van der Waals surface area contributed by atoms with Crippen LogP contribution in [0.3, 0.4) is 0 Å². The SMILES string of the molecule is CCCCCCc1c2nc(c(-c3ccccc3)c3ccc([nH]3)c(-c3cccc(O)c3)c3nc(c(-c4ccccc4)c4ccc1[nH]4)C=C3)C=C2. The van der Waals surface area contributed by atoms with Crippen molar-refractivity contribution in [1.82, 2.24) is 19.9 Å². The van der Waals surface area contributed by atoms with Gasteiger partial charge >= 0.3 is 0 Å². The van der Waals surface area contributed by atoms with Crippen LogP contribution >= 0.6 is 0 Å². The van der Waals surface area contributed by atoms with Crippen molar-refractivity contribution in [1.29, 1.82) is 0 Å². The molecule has 5 heteroatoms. The number of rotatable bonds is 8. The zero-order chi connectivity index (χ0) is 33.2. The number of nitrogens with zero attached hydrogens (tertiary/aromatic N) is 2. The maximum atomic E-state index is 10.6. The summed E-state index contributed by atoms with van der Waals surface area (Å²) in [6.07, 6.45) is 14.2. The van der Waals surface area contributed by atoms with Gasteiger partial charge in [-0.25, -0.2) is 9.97 Å². The van der Waals surface area contributed by atoms with Crippen molar-refractivity contribution in [2.45, 2.75) is 39.0 Å². The Morgan fingerprint density at radius 2 is 0.980 bits per heavy atom. The molecule has 8 bridgehead atoms. The van der Waals surface area contributed by atoms with Crippen molar-refractivity contribution in [3.8, 4) is 39.1 Å². The van der Waals surface area contributed by atoms with Crippen LogP contribution in [0.5, 0.6) is 5.75 Å². The third kappa shape index (κ3) is 6.00. The number of hydrogen-bond acceptors (Lipinski definition) is 3. The van der Waals surface area contributed by atoms with Gasteiger partial charge in [0.25, 0.3) is 0 Å². The van der Waals surface area contributed by atoms with Crippen molar-refractivity contribution in [2.24, 2.45) is 0 Å². The predicted octanol–water partition coefficient (Wildman–Crippen LogP) is 11.5. The van der Waals surface area contributed by atoms with Gasteiger partial charge in [-0.1, -0.05) is 99.0 Å². The third-order valence-corrected chi connectivity index (χ3v) is 9.40. The van der Waals surface area contributed by atoms with Crippen LogP contribution in [-0.4, -0.2) is 25.0 Å². The Labute approximate surface area is 286 Å². The van der Waals surface area contributed by atoms with E-state index in [2.05, 4.69) is 114 Å². The first-order valence-corrected chi connectivity index (χ1v) is 17.2. The van der Waals surface area contributed by atoms with Gasteiger partial charge in [0.2, 0.25) is 0 Å². The lowest BCUT2D eigenvalue weighted by Crippen LogP contribution is -1.93. The molecule has 0 spiro atoms. The van der Waals surface area contributed by atoms with Gasteiger partial charge in [0.15, 0.2) is 0 Å². The highest BCUT2D eigenvalue weighted by atomic mass is 16.3. The molecule has 0 unspecified atom stereocenters. The summed E-state index contributed by atoms with van der Waals surface area (Å²) < 4.78 is 0. The standard InChI is InChI=1S/C44H38N4O/c1-2-3-4-11-19-33-34-20-22-36(45-34)42(29-13-7-5-8-14-29)38-24-26-40(47-38)44(31-17-12-18-32(49)28-31)41-27-25-39(48-41)43(30-15-9-6-10-16-30)37-23-21-35(33)46-37/h5-10,12-18,20-28,45,48-49H,2-4,11,19H2,1H3. The summed E-state index contributed by atoms with van der Waals surface area (Å²) in [5.41, 5.74) is 14.8. The van der Waals surface area contributed by atoms with Crippen LogP contribution in [0.1, 0.15) is 60.9 Å². The van der Waals surface area contributed by atoms with Crippen LogP contribution in [-0.2, 0) is 6.42 Å². The van der Waals surface area contributed by atoms with E-state index in [-0.39, 0.29) is 5.75 Å². The first-order valence-electron chi connectivity index (χ1n) is 17.2. The normalized spacial score (nSPS) is 12.1. The maximum absolute atomic E-state index is 10.6. The Hall–Kier alpha value is -5.94. The fourth-order valence-corrected chi connectivity index (χ4v) is 7.04. The molecule has 0 fully saturated rings. The number of nitrogens with one attached hydrogen (secondary N) is 2. The van der Waals surface area contributed by atoms with Crippen molar-refractivity contribution in [3.63, 3.8) is 0 Å². The molecular weight excluding hydrogens is 601 g/mol. The fourth-order valence-electron chi connectivity index (χ4n) is 7.04. The molecule has 8 rings (SSSR count). The van der Waals surface area contributed by atoms with Crippen LogP contribution in [0, 0.1) is 0 Å². The quantitative estimate of drug-likeness (QED) is 0.145. The average molecular weight is 639 g/mol. The summed E-state index contributed by atoms with van der Waals surface area (Å²) in [5.74, 6) is 0.206. The molecule has 0 atom stereocenters. The predicted molar refractivity (Wildman–Crippen MR) is 205 cm³/mol. The van der Waals surface area contributed by atoms with Crippen LogP contribution in [0.15, 0.2) is 109 Å². The van der Waals surface area contributed by atoms with E-state index < -0.39 is 0 Å². The zero-order valence-corrected chi connectivity index (χ0v) is 27.6. The van der Waals surface area contributed by atoms with E-state index in [4.69, 9.17) is 9.97 Å². The molecule has 0 aliphatic carbocycles. The summed E-state index contributed by atoms with van der Waals surface area (Å²) >= 11 is 0. The lowest BCUT2D eigenvalue weighted by atomic mass is 10.0. The van der Waals surface area contributed by atoms with Gasteiger partial charge in [-0.05, 0) is 90.2 Å². The van der Waals surface area contributed by atoms with Crippen molar-refractivity contribution < 1.29 is 5.11 Å². The number of aromatic nitrogens is 4.